The van der Waals surface area contributed by atoms with Gasteiger partial charge in [0.15, 0.2) is 6.61 Å². The molecule has 0 aliphatic carbocycles. The van der Waals surface area contributed by atoms with Crippen LogP contribution in [-0.4, -0.2) is 23.3 Å². The van der Waals surface area contributed by atoms with E-state index in [0.29, 0.717) is 5.75 Å². The maximum Gasteiger partial charge on any atom is 0.344 e. The van der Waals surface area contributed by atoms with Gasteiger partial charge in [0.05, 0.1) is 6.10 Å². The molecule has 1 aromatic rings. The molecular formula is C15H22O4. The van der Waals surface area contributed by atoms with E-state index >= 15 is 0 Å². The lowest BCUT2D eigenvalue weighted by Crippen LogP contribution is -2.27. The number of ether oxygens (including phenoxy) is 2. The molecule has 0 aliphatic rings. The Bertz CT molecular complexity index is 444. The molecule has 0 fully saturated rings. The summed E-state index contributed by atoms with van der Waals surface area (Å²) in [4.78, 5) is 11.6. The van der Waals surface area contributed by atoms with Crippen LogP contribution >= 0.6 is 0 Å². The molecular weight excluding hydrogens is 244 g/mol. The number of benzene rings is 1. The molecule has 4 nitrogen and oxygen atoms in total. The zero-order valence-electron chi connectivity index (χ0n) is 12.2. The van der Waals surface area contributed by atoms with Crippen LogP contribution in [0.5, 0.6) is 5.75 Å². The van der Waals surface area contributed by atoms with Gasteiger partial charge < -0.3 is 14.6 Å². The molecule has 0 spiro atoms. The third kappa shape index (κ3) is 4.91. The van der Waals surface area contributed by atoms with Crippen LogP contribution in [0.15, 0.2) is 18.2 Å². The summed E-state index contributed by atoms with van der Waals surface area (Å²) in [6.07, 6.45) is -0.565. The SMILES string of the molecule is Cc1c(OCC(=O)OC(C)(C)C)cccc1C(C)O. The lowest BCUT2D eigenvalue weighted by molar-refractivity contribution is -0.157. The van der Waals surface area contributed by atoms with Crippen molar-refractivity contribution in [3.05, 3.63) is 29.3 Å². The number of aliphatic hydroxyl groups excluding tert-OH is 1. The molecule has 0 bridgehead atoms. The van der Waals surface area contributed by atoms with Crippen LogP contribution in [0, 0.1) is 6.92 Å². The average molecular weight is 266 g/mol. The van der Waals surface area contributed by atoms with E-state index in [0.717, 1.165) is 11.1 Å². The molecule has 19 heavy (non-hydrogen) atoms. The standard InChI is InChI=1S/C15H22O4/c1-10-12(11(2)16)7-6-8-13(10)18-9-14(17)19-15(3,4)5/h6-8,11,16H,9H2,1-5H3. The van der Waals surface area contributed by atoms with E-state index in [9.17, 15) is 9.90 Å². The fourth-order valence-corrected chi connectivity index (χ4v) is 1.75. The largest absolute Gasteiger partial charge is 0.482 e. The van der Waals surface area contributed by atoms with E-state index in [1.165, 1.54) is 0 Å². The monoisotopic (exact) mass is 266 g/mol. The molecule has 0 heterocycles. The van der Waals surface area contributed by atoms with Gasteiger partial charge >= 0.3 is 5.97 Å². The van der Waals surface area contributed by atoms with Crippen LogP contribution in [0.25, 0.3) is 0 Å². The Kier molecular flexibility index (Phi) is 4.95. The Labute approximate surface area is 114 Å². The minimum absolute atomic E-state index is 0.138. The van der Waals surface area contributed by atoms with Gasteiger partial charge in [-0.1, -0.05) is 12.1 Å². The van der Waals surface area contributed by atoms with Crippen molar-refractivity contribution in [3.8, 4) is 5.75 Å². The van der Waals surface area contributed by atoms with E-state index in [4.69, 9.17) is 9.47 Å². The normalized spacial score (nSPS) is 12.9. The molecule has 0 saturated heterocycles. The summed E-state index contributed by atoms with van der Waals surface area (Å²) in [5.41, 5.74) is 1.11. The number of carbonyl (C=O) groups excluding carboxylic acids is 1. The van der Waals surface area contributed by atoms with Gasteiger partial charge in [-0.05, 0) is 51.8 Å². The summed E-state index contributed by atoms with van der Waals surface area (Å²) in [5, 5.41) is 9.61. The van der Waals surface area contributed by atoms with E-state index in [2.05, 4.69) is 0 Å². The summed E-state index contributed by atoms with van der Waals surface area (Å²) in [6.45, 7) is 8.84. The van der Waals surface area contributed by atoms with E-state index in [-0.39, 0.29) is 6.61 Å². The molecule has 0 radical (unpaired) electrons. The van der Waals surface area contributed by atoms with Crippen molar-refractivity contribution in [2.45, 2.75) is 46.3 Å². The summed E-state index contributed by atoms with van der Waals surface area (Å²) >= 11 is 0. The molecule has 4 heteroatoms. The Morgan fingerprint density at radius 2 is 2.00 bits per heavy atom. The molecule has 0 saturated carbocycles. The van der Waals surface area contributed by atoms with Crippen molar-refractivity contribution < 1.29 is 19.4 Å². The Morgan fingerprint density at radius 1 is 1.37 bits per heavy atom. The van der Waals surface area contributed by atoms with Crippen LogP contribution in [0.4, 0.5) is 0 Å². The predicted octanol–water partition coefficient (Wildman–Crippen LogP) is 2.77. The van der Waals surface area contributed by atoms with Crippen molar-refractivity contribution in [2.75, 3.05) is 6.61 Å². The first-order chi connectivity index (χ1) is 8.70. The smallest absolute Gasteiger partial charge is 0.344 e. The third-order valence-corrected chi connectivity index (χ3v) is 2.54. The number of carbonyl (C=O) groups is 1. The number of esters is 1. The van der Waals surface area contributed by atoms with Gasteiger partial charge in [0.25, 0.3) is 0 Å². The zero-order chi connectivity index (χ0) is 14.6. The minimum Gasteiger partial charge on any atom is -0.482 e. The van der Waals surface area contributed by atoms with Crippen molar-refractivity contribution in [3.63, 3.8) is 0 Å². The molecule has 1 N–H and O–H groups in total. The maximum atomic E-state index is 11.6. The first-order valence-corrected chi connectivity index (χ1v) is 6.33. The highest BCUT2D eigenvalue weighted by molar-refractivity contribution is 5.71. The van der Waals surface area contributed by atoms with Crippen LogP contribution in [0.2, 0.25) is 0 Å². The van der Waals surface area contributed by atoms with Crippen LogP contribution in [0.1, 0.15) is 44.9 Å². The summed E-state index contributed by atoms with van der Waals surface area (Å²) in [5.74, 6) is 0.179. The van der Waals surface area contributed by atoms with E-state index in [1.807, 2.05) is 33.8 Å². The van der Waals surface area contributed by atoms with Gasteiger partial charge in [-0.25, -0.2) is 4.79 Å². The van der Waals surface area contributed by atoms with Crippen molar-refractivity contribution in [2.24, 2.45) is 0 Å². The number of hydrogen-bond donors (Lipinski definition) is 1. The molecule has 106 valence electrons. The van der Waals surface area contributed by atoms with Crippen molar-refractivity contribution >= 4 is 5.97 Å². The van der Waals surface area contributed by atoms with E-state index in [1.54, 1.807) is 19.1 Å². The highest BCUT2D eigenvalue weighted by Gasteiger charge is 2.17. The predicted molar refractivity (Wildman–Crippen MR) is 73.2 cm³/mol. The number of aliphatic hydroxyl groups is 1. The zero-order valence-corrected chi connectivity index (χ0v) is 12.2. The fraction of sp³-hybridized carbons (Fsp3) is 0.533. The molecule has 1 aromatic carbocycles. The van der Waals surface area contributed by atoms with Gasteiger partial charge in [0, 0.05) is 0 Å². The van der Waals surface area contributed by atoms with Crippen LogP contribution < -0.4 is 4.74 Å². The van der Waals surface area contributed by atoms with Gasteiger partial charge in [-0.2, -0.15) is 0 Å². The highest BCUT2D eigenvalue weighted by Crippen LogP contribution is 2.25. The van der Waals surface area contributed by atoms with Gasteiger partial charge in [0.1, 0.15) is 11.4 Å². The summed E-state index contributed by atoms with van der Waals surface area (Å²) in [6, 6.07) is 5.39. The van der Waals surface area contributed by atoms with Crippen LogP contribution in [0.3, 0.4) is 0 Å². The number of hydrogen-bond acceptors (Lipinski definition) is 4. The fourth-order valence-electron chi connectivity index (χ4n) is 1.75. The summed E-state index contributed by atoms with van der Waals surface area (Å²) < 4.78 is 10.6. The topological polar surface area (TPSA) is 55.8 Å². The first-order valence-electron chi connectivity index (χ1n) is 6.33. The Hall–Kier alpha value is -1.55. The third-order valence-electron chi connectivity index (χ3n) is 2.54. The van der Waals surface area contributed by atoms with Crippen molar-refractivity contribution in [1.29, 1.82) is 0 Å². The molecule has 1 atom stereocenters. The quantitative estimate of drug-likeness (QED) is 0.851. The molecule has 0 amide bonds. The van der Waals surface area contributed by atoms with Crippen molar-refractivity contribution in [1.82, 2.24) is 0 Å². The second kappa shape index (κ2) is 6.06. The molecule has 0 aromatic heterocycles. The van der Waals surface area contributed by atoms with Gasteiger partial charge in [0.2, 0.25) is 0 Å². The second-order valence-electron chi connectivity index (χ2n) is 5.52. The second-order valence-corrected chi connectivity index (χ2v) is 5.52. The molecule has 0 aliphatic heterocycles. The average Bonchev–Trinajstić information content (AvgIpc) is 2.24. The first kappa shape index (κ1) is 15.5. The van der Waals surface area contributed by atoms with Crippen LogP contribution in [-0.2, 0) is 9.53 Å². The minimum atomic E-state index is -0.565. The summed E-state index contributed by atoms with van der Waals surface area (Å²) in [7, 11) is 0. The van der Waals surface area contributed by atoms with Gasteiger partial charge in [-0.3, -0.25) is 0 Å². The highest BCUT2D eigenvalue weighted by atomic mass is 16.6. The lowest BCUT2D eigenvalue weighted by atomic mass is 10.0. The Morgan fingerprint density at radius 3 is 2.53 bits per heavy atom. The van der Waals surface area contributed by atoms with E-state index < -0.39 is 17.7 Å². The number of rotatable bonds is 4. The molecule has 1 rings (SSSR count). The maximum absolute atomic E-state index is 11.6. The van der Waals surface area contributed by atoms with Gasteiger partial charge in [-0.15, -0.1) is 0 Å². The Balaban J connectivity index is 2.69. The molecule has 1 unspecified atom stereocenters. The lowest BCUT2D eigenvalue weighted by Gasteiger charge is -2.20.